The first kappa shape index (κ1) is 12.5. The van der Waals surface area contributed by atoms with Crippen LogP contribution in [-0.2, 0) is 3.63 Å². The molecule has 0 aliphatic rings. The van der Waals surface area contributed by atoms with E-state index in [1.165, 1.54) is 0 Å². The fourth-order valence-corrected chi connectivity index (χ4v) is 1.59. The molecule has 0 radical (unpaired) electrons. The van der Waals surface area contributed by atoms with E-state index in [1.54, 1.807) is 0 Å². The van der Waals surface area contributed by atoms with Gasteiger partial charge in [-0.3, -0.25) is 20.2 Å². The van der Waals surface area contributed by atoms with Gasteiger partial charge in [-0.1, -0.05) is 0 Å². The molecule has 0 saturated carbocycles. The van der Waals surface area contributed by atoms with Gasteiger partial charge in [0.1, 0.15) is 0 Å². The smallest absolute Gasteiger partial charge is 0.215 e. The van der Waals surface area contributed by atoms with Gasteiger partial charge in [-0.2, -0.15) is 0 Å². The van der Waals surface area contributed by atoms with Gasteiger partial charge >= 0.3 is 0 Å². The highest BCUT2D eigenvalue weighted by atomic mass is 32.2. The van der Waals surface area contributed by atoms with Gasteiger partial charge in [-0.25, -0.2) is 3.63 Å². The van der Waals surface area contributed by atoms with Crippen LogP contribution in [0.1, 0.15) is 0 Å². The fourth-order valence-electron chi connectivity index (χ4n) is 0.326. The van der Waals surface area contributed by atoms with E-state index in [9.17, 15) is 20.2 Å². The van der Waals surface area contributed by atoms with Crippen LogP contribution in [0.25, 0.3) is 0 Å². The van der Waals surface area contributed by atoms with Crippen LogP contribution in [0.4, 0.5) is 0 Å². The number of rotatable bonds is 8. The highest BCUT2D eigenvalue weighted by Crippen LogP contribution is 2.13. The minimum atomic E-state index is -0.446. The van der Waals surface area contributed by atoms with Crippen LogP contribution in [-0.4, -0.2) is 34.4 Å². The Balaban J connectivity index is 3.00. The summed E-state index contributed by atoms with van der Waals surface area (Å²) in [7, 11) is 0. The third-order valence-electron chi connectivity index (χ3n) is 0.811. The summed E-state index contributed by atoms with van der Waals surface area (Å²) in [4.78, 5) is 18.7. The lowest BCUT2D eigenvalue weighted by atomic mass is 10.8. The van der Waals surface area contributed by atoms with Crippen LogP contribution < -0.4 is 0 Å². The van der Waals surface area contributed by atoms with E-state index in [0.717, 1.165) is 24.1 Å². The molecule has 0 heterocycles. The zero-order valence-electron chi connectivity index (χ0n) is 6.58. The summed E-state index contributed by atoms with van der Waals surface area (Å²) in [6, 6.07) is 0. The Morgan fingerprint density at radius 1 is 1.00 bits per heavy atom. The molecule has 0 aromatic carbocycles. The predicted octanol–water partition coefficient (Wildman–Crippen LogP) is 0.853. The minimum Gasteiger partial charge on any atom is -0.265 e. The van der Waals surface area contributed by atoms with Gasteiger partial charge in [0.05, 0.1) is 11.5 Å². The predicted molar refractivity (Wildman–Crippen MR) is 49.7 cm³/mol. The summed E-state index contributed by atoms with van der Waals surface area (Å²) in [5.74, 6) is 0.497. The van der Waals surface area contributed by atoms with Crippen molar-refractivity contribution in [1.82, 2.24) is 0 Å². The maximum atomic E-state index is 9.82. The monoisotopic (exact) mass is 228 g/mol. The molecule has 0 aliphatic carbocycles. The lowest BCUT2D eigenvalue weighted by molar-refractivity contribution is -0.474. The first-order chi connectivity index (χ1) is 6.13. The highest BCUT2D eigenvalue weighted by molar-refractivity contribution is 8.07. The van der Waals surface area contributed by atoms with E-state index >= 15 is 0 Å². The van der Waals surface area contributed by atoms with Crippen LogP contribution in [0, 0.1) is 20.2 Å². The lowest BCUT2D eigenvalue weighted by Gasteiger charge is -1.96. The Morgan fingerprint density at radius 3 is 1.69 bits per heavy atom. The average Bonchev–Trinajstić information content (AvgIpc) is 2.01. The molecule has 0 N–H and O–H groups in total. The van der Waals surface area contributed by atoms with Crippen molar-refractivity contribution < 1.29 is 13.5 Å². The van der Waals surface area contributed by atoms with Crippen molar-refractivity contribution >= 4 is 24.1 Å². The third-order valence-corrected chi connectivity index (χ3v) is 2.28. The van der Waals surface area contributed by atoms with Gasteiger partial charge in [-0.05, 0) is 0 Å². The molecule has 9 heteroatoms. The van der Waals surface area contributed by atoms with Crippen molar-refractivity contribution in [1.29, 1.82) is 0 Å². The van der Waals surface area contributed by atoms with Crippen LogP contribution in [0.15, 0.2) is 0 Å². The molecule has 0 fully saturated rings. The molecular weight excluding hydrogens is 220 g/mol. The summed E-state index contributed by atoms with van der Waals surface area (Å²) in [6.45, 7) is -0.332. The molecule has 0 saturated heterocycles. The van der Waals surface area contributed by atoms with Crippen molar-refractivity contribution in [2.45, 2.75) is 0 Å². The molecule has 0 unspecified atom stereocenters. The summed E-state index contributed by atoms with van der Waals surface area (Å²) < 4.78 is 4.76. The Morgan fingerprint density at radius 2 is 1.38 bits per heavy atom. The second kappa shape index (κ2) is 8.08. The van der Waals surface area contributed by atoms with Crippen molar-refractivity contribution in [3.63, 3.8) is 0 Å². The summed E-state index contributed by atoms with van der Waals surface area (Å²) in [6.07, 6.45) is 0. The number of hydrogen-bond donors (Lipinski definition) is 0. The molecule has 76 valence electrons. The van der Waals surface area contributed by atoms with E-state index in [4.69, 9.17) is 3.63 Å². The lowest BCUT2D eigenvalue weighted by Crippen LogP contribution is -2.04. The normalized spacial score (nSPS) is 9.85. The second-order valence-corrected chi connectivity index (χ2v) is 3.66. The molecule has 0 aromatic rings. The van der Waals surface area contributed by atoms with Gasteiger partial charge in [-0.15, -0.1) is 0 Å². The number of hydrogen-bond acceptors (Lipinski definition) is 7. The van der Waals surface area contributed by atoms with Gasteiger partial charge in [0.25, 0.3) is 0 Å². The van der Waals surface area contributed by atoms with Crippen molar-refractivity contribution in [3.8, 4) is 0 Å². The van der Waals surface area contributed by atoms with Gasteiger partial charge in [0.15, 0.2) is 0 Å². The summed E-state index contributed by atoms with van der Waals surface area (Å²) in [5.41, 5.74) is 0. The van der Waals surface area contributed by atoms with Crippen molar-refractivity contribution in [2.24, 2.45) is 0 Å². The minimum absolute atomic E-state index is 0.166. The first-order valence-electron chi connectivity index (χ1n) is 3.27. The Hall–Kier alpha value is -0.540. The molecule has 0 aliphatic heterocycles. The van der Waals surface area contributed by atoms with Gasteiger partial charge < -0.3 is 0 Å². The van der Waals surface area contributed by atoms with Gasteiger partial charge in [0, 0.05) is 33.9 Å². The molecule has 0 aromatic heterocycles. The quantitative estimate of drug-likeness (QED) is 0.263. The Bertz CT molecular complexity index is 160. The van der Waals surface area contributed by atoms with E-state index in [2.05, 4.69) is 0 Å². The molecule has 0 bridgehead atoms. The van der Waals surface area contributed by atoms with E-state index in [-0.39, 0.29) is 24.6 Å². The van der Waals surface area contributed by atoms with E-state index < -0.39 is 9.85 Å². The van der Waals surface area contributed by atoms with Crippen LogP contribution >= 0.6 is 24.1 Å². The standard InChI is InChI=1S/C4H8N2O5S2/c7-5(8)1-3-12-11-13-4-2-6(9)10/h1-4H2. The van der Waals surface area contributed by atoms with E-state index in [1.807, 2.05) is 0 Å². The number of nitrogens with zero attached hydrogens (tertiary/aromatic N) is 2. The van der Waals surface area contributed by atoms with E-state index in [0.29, 0.717) is 0 Å². The van der Waals surface area contributed by atoms with Crippen molar-refractivity contribution in [3.05, 3.63) is 20.2 Å². The summed E-state index contributed by atoms with van der Waals surface area (Å²) >= 11 is 1.86. The maximum Gasteiger partial charge on any atom is 0.215 e. The second-order valence-electron chi connectivity index (χ2n) is 1.82. The molecular formula is C4H8N2O5S2. The zero-order chi connectivity index (χ0) is 10.1. The van der Waals surface area contributed by atoms with Gasteiger partial charge in [0.2, 0.25) is 13.1 Å². The largest absolute Gasteiger partial charge is 0.265 e. The maximum absolute atomic E-state index is 9.82. The average molecular weight is 228 g/mol. The Kier molecular flexibility index (Phi) is 7.74. The SMILES string of the molecule is O=[N+]([O-])CCSOSCC[N+](=O)[O-]. The molecule has 0 spiro atoms. The highest BCUT2D eigenvalue weighted by Gasteiger charge is 2.00. The van der Waals surface area contributed by atoms with Crippen LogP contribution in [0.3, 0.4) is 0 Å². The molecule has 0 rings (SSSR count). The van der Waals surface area contributed by atoms with Crippen molar-refractivity contribution in [2.75, 3.05) is 24.6 Å². The van der Waals surface area contributed by atoms with Crippen LogP contribution in [0.2, 0.25) is 0 Å². The number of nitro groups is 2. The third kappa shape index (κ3) is 11.5. The fraction of sp³-hybridized carbons (Fsp3) is 1.00. The topological polar surface area (TPSA) is 95.5 Å². The Labute approximate surface area is 82.9 Å². The first-order valence-corrected chi connectivity index (χ1v) is 5.09. The molecule has 13 heavy (non-hydrogen) atoms. The zero-order valence-corrected chi connectivity index (χ0v) is 8.21. The molecule has 0 amide bonds. The van der Waals surface area contributed by atoms with Crippen LogP contribution in [0.5, 0.6) is 0 Å². The summed E-state index contributed by atoms with van der Waals surface area (Å²) in [5, 5.41) is 19.6. The molecule has 0 atom stereocenters. The molecule has 7 nitrogen and oxygen atoms in total.